The Balaban J connectivity index is 1.36. The second-order valence-electron chi connectivity index (χ2n) is 10.3. The molecule has 2 aliphatic heterocycles. The van der Waals surface area contributed by atoms with Crippen molar-refractivity contribution >= 4 is 23.1 Å². The Morgan fingerprint density at radius 2 is 2.03 bits per heavy atom. The van der Waals surface area contributed by atoms with Gasteiger partial charge >= 0.3 is 0 Å². The topological polar surface area (TPSA) is 111 Å². The molecule has 2 fully saturated rings. The van der Waals surface area contributed by atoms with Gasteiger partial charge in [0.15, 0.2) is 17.8 Å². The summed E-state index contributed by atoms with van der Waals surface area (Å²) < 4.78 is 13.6. The fourth-order valence-corrected chi connectivity index (χ4v) is 5.29. The predicted octanol–water partition coefficient (Wildman–Crippen LogP) is 4.21. The molecule has 1 aromatic carbocycles. The number of amides is 1. The van der Waals surface area contributed by atoms with Gasteiger partial charge in [0.2, 0.25) is 0 Å². The van der Waals surface area contributed by atoms with Crippen LogP contribution >= 0.6 is 0 Å². The normalized spacial score (nSPS) is 19.0. The molecule has 4 heterocycles. The van der Waals surface area contributed by atoms with Gasteiger partial charge in [-0.25, -0.2) is 9.67 Å². The van der Waals surface area contributed by atoms with E-state index in [1.807, 2.05) is 35.9 Å². The minimum atomic E-state index is -0.114. The lowest BCUT2D eigenvalue weighted by Gasteiger charge is -2.23. The third kappa shape index (κ3) is 4.53. The van der Waals surface area contributed by atoms with Crippen LogP contribution < -0.4 is 10.1 Å². The third-order valence-corrected chi connectivity index (χ3v) is 7.44. The average Bonchev–Trinajstić information content (AvgIpc) is 3.64. The van der Waals surface area contributed by atoms with Crippen molar-refractivity contribution in [2.75, 3.05) is 26.1 Å². The van der Waals surface area contributed by atoms with Crippen molar-refractivity contribution in [2.45, 2.75) is 58.2 Å². The molecule has 0 spiro atoms. The summed E-state index contributed by atoms with van der Waals surface area (Å²) in [5, 5.41) is 8.19. The number of aryl methyl sites for hydroxylation is 1. The molecule has 1 amide bonds. The van der Waals surface area contributed by atoms with Crippen molar-refractivity contribution in [2.24, 2.45) is 5.92 Å². The second kappa shape index (κ2) is 9.83. The molecule has 10 heteroatoms. The van der Waals surface area contributed by atoms with Crippen LogP contribution in [0.25, 0.3) is 11.4 Å². The molecule has 10 nitrogen and oxygen atoms in total. The molecule has 38 heavy (non-hydrogen) atoms. The maximum atomic E-state index is 13.0. The number of carbonyl (C=O) groups excluding carboxylic acids is 2. The highest BCUT2D eigenvalue weighted by atomic mass is 16.5. The number of pyridine rings is 1. The number of para-hydroxylation sites is 1. The third-order valence-electron chi connectivity index (χ3n) is 7.44. The maximum Gasteiger partial charge on any atom is 0.257 e. The number of nitrogens with one attached hydrogen (secondary N) is 1. The number of methoxy groups -OCH3 is 1. The Labute approximate surface area is 221 Å². The molecule has 1 N–H and O–H groups in total. The summed E-state index contributed by atoms with van der Waals surface area (Å²) in [6.07, 6.45) is 5.13. The summed E-state index contributed by atoms with van der Waals surface area (Å²) in [5.41, 5.74) is 3.89. The highest BCUT2D eigenvalue weighted by molar-refractivity contribution is 6.04. The van der Waals surface area contributed by atoms with Gasteiger partial charge in [0, 0.05) is 26.0 Å². The van der Waals surface area contributed by atoms with Crippen LogP contribution in [-0.4, -0.2) is 57.1 Å². The molecule has 3 aromatic rings. The number of benzene rings is 1. The van der Waals surface area contributed by atoms with Crippen LogP contribution in [0.4, 0.5) is 11.4 Å². The minimum absolute atomic E-state index is 0.103. The first-order valence-electron chi connectivity index (χ1n) is 13.2. The van der Waals surface area contributed by atoms with Crippen LogP contribution in [0.5, 0.6) is 5.75 Å². The standard InChI is InChI=1S/C28H32N6O4/c1-16-29-27(32-34(16)24-9-4-5-12-38-24)19-7-6-8-20(26(19)37-3)31-21-13-18(14-23(35)17-10-11-17)30-22-15-33(2)28(36)25(21)22/h6-8,13,17,24H,4-5,9-12,14-15H2,1-3H3,(H,30,31). The first-order valence-corrected chi connectivity index (χ1v) is 13.2. The van der Waals surface area contributed by atoms with Crippen LogP contribution in [-0.2, 0) is 22.5 Å². The number of aromatic nitrogens is 4. The first-order chi connectivity index (χ1) is 18.4. The van der Waals surface area contributed by atoms with E-state index in [4.69, 9.17) is 19.6 Å². The van der Waals surface area contributed by atoms with Gasteiger partial charge in [-0.3, -0.25) is 14.6 Å². The van der Waals surface area contributed by atoms with E-state index in [2.05, 4.69) is 10.3 Å². The van der Waals surface area contributed by atoms with Crippen molar-refractivity contribution < 1.29 is 19.1 Å². The van der Waals surface area contributed by atoms with Gasteiger partial charge in [-0.15, -0.1) is 5.10 Å². The number of hydrogen-bond acceptors (Lipinski definition) is 8. The van der Waals surface area contributed by atoms with Crippen molar-refractivity contribution in [1.29, 1.82) is 0 Å². The molecule has 1 unspecified atom stereocenters. The largest absolute Gasteiger partial charge is 0.494 e. The molecule has 1 saturated carbocycles. The number of rotatable bonds is 8. The molecule has 0 radical (unpaired) electrons. The van der Waals surface area contributed by atoms with Gasteiger partial charge in [0.25, 0.3) is 5.91 Å². The molecule has 2 aromatic heterocycles. The first kappa shape index (κ1) is 24.5. The Hall–Kier alpha value is -3.79. The highest BCUT2D eigenvalue weighted by Gasteiger charge is 2.33. The van der Waals surface area contributed by atoms with Gasteiger partial charge in [0.1, 0.15) is 11.6 Å². The summed E-state index contributed by atoms with van der Waals surface area (Å²) in [5.74, 6) is 2.14. The number of carbonyl (C=O) groups is 2. The number of Topliss-reactive ketones (excluding diaryl/α,β-unsaturated/α-hetero) is 1. The van der Waals surface area contributed by atoms with Crippen LogP contribution in [0, 0.1) is 12.8 Å². The van der Waals surface area contributed by atoms with E-state index in [1.165, 1.54) is 0 Å². The quantitative estimate of drug-likeness (QED) is 0.474. The number of anilines is 2. The summed E-state index contributed by atoms with van der Waals surface area (Å²) >= 11 is 0. The minimum Gasteiger partial charge on any atom is -0.494 e. The predicted molar refractivity (Wildman–Crippen MR) is 140 cm³/mol. The Morgan fingerprint density at radius 3 is 2.76 bits per heavy atom. The lowest BCUT2D eigenvalue weighted by atomic mass is 10.1. The van der Waals surface area contributed by atoms with Crippen LogP contribution in [0.3, 0.4) is 0 Å². The van der Waals surface area contributed by atoms with Crippen molar-refractivity contribution in [3.8, 4) is 17.1 Å². The van der Waals surface area contributed by atoms with Crippen molar-refractivity contribution in [3.63, 3.8) is 0 Å². The molecule has 1 atom stereocenters. The zero-order chi connectivity index (χ0) is 26.4. The van der Waals surface area contributed by atoms with Crippen LogP contribution in [0.1, 0.15) is 65.9 Å². The lowest BCUT2D eigenvalue weighted by molar-refractivity contribution is -0.119. The SMILES string of the molecule is COc1c(Nc2cc(CC(=O)C3CC3)nc3c2C(=O)N(C)C3)cccc1-c1nc(C)n(C2CCCCO2)n1. The Kier molecular flexibility index (Phi) is 6.35. The maximum absolute atomic E-state index is 13.0. The van der Waals surface area contributed by atoms with Gasteiger partial charge in [-0.2, -0.15) is 0 Å². The molecule has 6 rings (SSSR count). The number of ketones is 1. The summed E-state index contributed by atoms with van der Waals surface area (Å²) in [6.45, 7) is 3.06. The smallest absolute Gasteiger partial charge is 0.257 e. The molecule has 3 aliphatic rings. The van der Waals surface area contributed by atoms with E-state index in [-0.39, 0.29) is 30.3 Å². The van der Waals surface area contributed by atoms with Gasteiger partial charge < -0.3 is 19.7 Å². The fraction of sp³-hybridized carbons (Fsp3) is 0.464. The monoisotopic (exact) mass is 516 g/mol. The highest BCUT2D eigenvalue weighted by Crippen LogP contribution is 2.39. The molecule has 1 aliphatic carbocycles. The summed E-state index contributed by atoms with van der Waals surface area (Å²) in [6, 6.07) is 7.53. The Bertz CT molecular complexity index is 1410. The number of ether oxygens (including phenoxy) is 2. The van der Waals surface area contributed by atoms with E-state index in [0.29, 0.717) is 46.4 Å². The molecule has 0 bridgehead atoms. The second-order valence-corrected chi connectivity index (χ2v) is 10.3. The Morgan fingerprint density at radius 1 is 1.18 bits per heavy atom. The lowest BCUT2D eigenvalue weighted by Crippen LogP contribution is -2.20. The van der Waals surface area contributed by atoms with E-state index < -0.39 is 0 Å². The summed E-state index contributed by atoms with van der Waals surface area (Å²) in [4.78, 5) is 36.6. The van der Waals surface area contributed by atoms with Crippen LogP contribution in [0.2, 0.25) is 0 Å². The van der Waals surface area contributed by atoms with Gasteiger partial charge in [-0.1, -0.05) is 6.07 Å². The average molecular weight is 517 g/mol. The van der Waals surface area contributed by atoms with E-state index in [1.54, 1.807) is 19.1 Å². The zero-order valence-electron chi connectivity index (χ0n) is 22.0. The van der Waals surface area contributed by atoms with Crippen molar-refractivity contribution in [3.05, 3.63) is 47.0 Å². The molecule has 1 saturated heterocycles. The molecular weight excluding hydrogens is 484 g/mol. The number of hydrogen-bond donors (Lipinski definition) is 1. The summed E-state index contributed by atoms with van der Waals surface area (Å²) in [7, 11) is 3.36. The van der Waals surface area contributed by atoms with Crippen LogP contribution in [0.15, 0.2) is 24.3 Å². The molecule has 198 valence electrons. The van der Waals surface area contributed by atoms with Crippen molar-refractivity contribution in [1.82, 2.24) is 24.6 Å². The number of nitrogens with zero attached hydrogens (tertiary/aromatic N) is 5. The fourth-order valence-electron chi connectivity index (χ4n) is 5.29. The molecular formula is C28H32N6O4. The van der Waals surface area contributed by atoms with Gasteiger partial charge in [0.05, 0.1) is 47.5 Å². The van der Waals surface area contributed by atoms with E-state index >= 15 is 0 Å². The van der Waals surface area contributed by atoms with E-state index in [9.17, 15) is 9.59 Å². The van der Waals surface area contributed by atoms with Gasteiger partial charge in [-0.05, 0) is 57.2 Å². The number of fused-ring (bicyclic) bond motifs is 1. The zero-order valence-corrected chi connectivity index (χ0v) is 22.0. The van der Waals surface area contributed by atoms with E-state index in [0.717, 1.165) is 50.1 Å².